The van der Waals surface area contributed by atoms with Gasteiger partial charge in [-0.15, -0.1) is 0 Å². The van der Waals surface area contributed by atoms with Gasteiger partial charge < -0.3 is 9.80 Å². The van der Waals surface area contributed by atoms with Crippen molar-refractivity contribution in [3.63, 3.8) is 0 Å². The third kappa shape index (κ3) is 1.99. The molecule has 1 fully saturated rings. The molecule has 1 rings (SSSR count). The lowest BCUT2D eigenvalue weighted by molar-refractivity contribution is -0.150. The molecule has 1 aliphatic heterocycles. The van der Waals surface area contributed by atoms with Crippen LogP contribution >= 0.6 is 0 Å². The van der Waals surface area contributed by atoms with Gasteiger partial charge in [-0.3, -0.25) is 9.59 Å². The molecule has 1 aliphatic rings. The Hall–Kier alpha value is -1.06. The molecular weight excluding hydrogens is 168 g/mol. The molecule has 74 valence electrons. The van der Waals surface area contributed by atoms with E-state index in [1.165, 1.54) is 4.90 Å². The molecule has 13 heavy (non-hydrogen) atoms. The third-order valence-electron chi connectivity index (χ3n) is 2.40. The van der Waals surface area contributed by atoms with Crippen LogP contribution in [0.5, 0.6) is 0 Å². The van der Waals surface area contributed by atoms with Crippen molar-refractivity contribution in [2.45, 2.75) is 25.8 Å². The zero-order valence-corrected chi connectivity index (χ0v) is 8.41. The van der Waals surface area contributed by atoms with E-state index in [-0.39, 0.29) is 11.9 Å². The fourth-order valence-electron chi connectivity index (χ4n) is 1.55. The monoisotopic (exact) mass is 184 g/mol. The van der Waals surface area contributed by atoms with Gasteiger partial charge in [-0.05, 0) is 19.8 Å². The number of amides is 2. The highest BCUT2D eigenvalue weighted by Crippen LogP contribution is 2.16. The van der Waals surface area contributed by atoms with E-state index in [4.69, 9.17) is 0 Å². The SMILES string of the molecule is C[C@@H]1CCCN1C(=O)C(=O)N(C)C. The molecule has 0 bridgehead atoms. The van der Waals surface area contributed by atoms with Crippen molar-refractivity contribution in [2.75, 3.05) is 20.6 Å². The van der Waals surface area contributed by atoms with Crippen LogP contribution in [0.15, 0.2) is 0 Å². The van der Waals surface area contributed by atoms with Gasteiger partial charge in [0.05, 0.1) is 0 Å². The van der Waals surface area contributed by atoms with Crippen LogP contribution in [-0.2, 0) is 9.59 Å². The molecule has 0 unspecified atom stereocenters. The fourth-order valence-corrected chi connectivity index (χ4v) is 1.55. The molecule has 1 heterocycles. The average molecular weight is 184 g/mol. The van der Waals surface area contributed by atoms with Crippen molar-refractivity contribution < 1.29 is 9.59 Å². The van der Waals surface area contributed by atoms with Gasteiger partial charge >= 0.3 is 11.8 Å². The van der Waals surface area contributed by atoms with Gasteiger partial charge in [0.1, 0.15) is 0 Å². The minimum Gasteiger partial charge on any atom is -0.341 e. The van der Waals surface area contributed by atoms with E-state index in [2.05, 4.69) is 0 Å². The molecule has 0 aromatic rings. The standard InChI is InChI=1S/C9H16N2O2/c1-7-5-4-6-11(7)9(13)8(12)10(2)3/h7H,4-6H2,1-3H3/t7-/m1/s1. The smallest absolute Gasteiger partial charge is 0.312 e. The lowest BCUT2D eigenvalue weighted by Gasteiger charge is -2.22. The molecule has 0 saturated carbocycles. The molecule has 0 aromatic carbocycles. The summed E-state index contributed by atoms with van der Waals surface area (Å²) in [6, 6.07) is 0.219. The predicted molar refractivity (Wildman–Crippen MR) is 49.1 cm³/mol. The third-order valence-corrected chi connectivity index (χ3v) is 2.40. The Kier molecular flexibility index (Phi) is 2.90. The van der Waals surface area contributed by atoms with Gasteiger partial charge in [-0.1, -0.05) is 0 Å². The molecule has 0 radical (unpaired) electrons. The van der Waals surface area contributed by atoms with Gasteiger partial charge in [0.15, 0.2) is 0 Å². The predicted octanol–water partition coefficient (Wildman–Crippen LogP) is 0.0855. The van der Waals surface area contributed by atoms with Crippen molar-refractivity contribution in [1.29, 1.82) is 0 Å². The second-order valence-corrected chi connectivity index (χ2v) is 3.69. The first-order chi connectivity index (χ1) is 6.04. The summed E-state index contributed by atoms with van der Waals surface area (Å²) in [6.45, 7) is 2.70. The molecule has 4 heteroatoms. The van der Waals surface area contributed by atoms with Crippen molar-refractivity contribution in [2.24, 2.45) is 0 Å². The maximum atomic E-state index is 11.5. The fraction of sp³-hybridized carbons (Fsp3) is 0.778. The van der Waals surface area contributed by atoms with E-state index in [0.29, 0.717) is 0 Å². The van der Waals surface area contributed by atoms with E-state index in [1.54, 1.807) is 19.0 Å². The Bertz CT molecular complexity index is 226. The zero-order valence-electron chi connectivity index (χ0n) is 8.41. The number of rotatable bonds is 0. The van der Waals surface area contributed by atoms with Crippen LogP contribution in [0.2, 0.25) is 0 Å². The van der Waals surface area contributed by atoms with Gasteiger partial charge in [0, 0.05) is 26.7 Å². The number of nitrogens with zero attached hydrogens (tertiary/aromatic N) is 2. The molecule has 0 N–H and O–H groups in total. The van der Waals surface area contributed by atoms with Crippen molar-refractivity contribution in [3.05, 3.63) is 0 Å². The number of likely N-dealkylation sites (N-methyl/N-ethyl adjacent to an activating group) is 1. The summed E-state index contributed by atoms with van der Waals surface area (Å²) in [5, 5.41) is 0. The van der Waals surface area contributed by atoms with Gasteiger partial charge in [-0.2, -0.15) is 0 Å². The number of carbonyl (C=O) groups excluding carboxylic acids is 2. The molecular formula is C9H16N2O2. The van der Waals surface area contributed by atoms with E-state index in [1.807, 2.05) is 6.92 Å². The first-order valence-corrected chi connectivity index (χ1v) is 4.56. The highest BCUT2D eigenvalue weighted by atomic mass is 16.2. The lowest BCUT2D eigenvalue weighted by Crippen LogP contribution is -2.43. The van der Waals surface area contributed by atoms with Crippen LogP contribution in [0.3, 0.4) is 0 Å². The van der Waals surface area contributed by atoms with Gasteiger partial charge in [0.2, 0.25) is 0 Å². The quantitative estimate of drug-likeness (QED) is 0.500. The van der Waals surface area contributed by atoms with Crippen LogP contribution in [0.4, 0.5) is 0 Å². The minimum atomic E-state index is -0.422. The van der Waals surface area contributed by atoms with Crippen molar-refractivity contribution in [3.8, 4) is 0 Å². The summed E-state index contributed by atoms with van der Waals surface area (Å²) < 4.78 is 0. The summed E-state index contributed by atoms with van der Waals surface area (Å²) in [7, 11) is 3.20. The summed E-state index contributed by atoms with van der Waals surface area (Å²) in [5.41, 5.74) is 0. The van der Waals surface area contributed by atoms with Crippen LogP contribution in [0.1, 0.15) is 19.8 Å². The van der Waals surface area contributed by atoms with Crippen LogP contribution < -0.4 is 0 Å². The number of hydrogen-bond donors (Lipinski definition) is 0. The molecule has 0 spiro atoms. The second kappa shape index (κ2) is 3.77. The molecule has 0 aliphatic carbocycles. The molecule has 1 saturated heterocycles. The van der Waals surface area contributed by atoms with E-state index in [0.717, 1.165) is 19.4 Å². The van der Waals surface area contributed by atoms with E-state index in [9.17, 15) is 9.59 Å². The Morgan fingerprint density at radius 2 is 2.00 bits per heavy atom. The highest BCUT2D eigenvalue weighted by molar-refractivity contribution is 6.34. The van der Waals surface area contributed by atoms with Crippen LogP contribution in [0.25, 0.3) is 0 Å². The molecule has 1 atom stereocenters. The van der Waals surface area contributed by atoms with Crippen molar-refractivity contribution in [1.82, 2.24) is 9.80 Å². The molecule has 2 amide bonds. The topological polar surface area (TPSA) is 40.6 Å². The summed E-state index contributed by atoms with van der Waals surface area (Å²) >= 11 is 0. The first-order valence-electron chi connectivity index (χ1n) is 4.56. The number of hydrogen-bond acceptors (Lipinski definition) is 2. The average Bonchev–Trinajstić information content (AvgIpc) is 2.48. The van der Waals surface area contributed by atoms with Crippen molar-refractivity contribution >= 4 is 11.8 Å². The highest BCUT2D eigenvalue weighted by Gasteiger charge is 2.30. The summed E-state index contributed by atoms with van der Waals surface area (Å²) in [5.74, 6) is -0.788. The van der Waals surface area contributed by atoms with E-state index >= 15 is 0 Å². The Morgan fingerprint density at radius 1 is 1.38 bits per heavy atom. The maximum Gasteiger partial charge on any atom is 0.312 e. The minimum absolute atomic E-state index is 0.219. The Labute approximate surface area is 78.5 Å². The normalized spacial score (nSPS) is 21.8. The summed E-state index contributed by atoms with van der Waals surface area (Å²) in [4.78, 5) is 25.8. The largest absolute Gasteiger partial charge is 0.341 e. The lowest BCUT2D eigenvalue weighted by atomic mass is 10.2. The zero-order chi connectivity index (χ0) is 10.0. The van der Waals surface area contributed by atoms with Crippen LogP contribution in [-0.4, -0.2) is 48.3 Å². The number of likely N-dealkylation sites (tertiary alicyclic amines) is 1. The Morgan fingerprint density at radius 3 is 2.38 bits per heavy atom. The van der Waals surface area contributed by atoms with Crippen LogP contribution in [0, 0.1) is 0 Å². The van der Waals surface area contributed by atoms with Gasteiger partial charge in [0.25, 0.3) is 0 Å². The van der Waals surface area contributed by atoms with Gasteiger partial charge in [-0.25, -0.2) is 0 Å². The second-order valence-electron chi connectivity index (χ2n) is 3.69. The molecule has 0 aromatic heterocycles. The number of carbonyl (C=O) groups is 2. The maximum absolute atomic E-state index is 11.5. The molecule has 4 nitrogen and oxygen atoms in total. The first kappa shape index (κ1) is 10.0. The Balaban J connectivity index is 2.62. The van der Waals surface area contributed by atoms with E-state index < -0.39 is 5.91 Å². The summed E-state index contributed by atoms with van der Waals surface area (Å²) in [6.07, 6.45) is 2.01.